The van der Waals surface area contributed by atoms with Gasteiger partial charge in [0.2, 0.25) is 5.91 Å². The Morgan fingerprint density at radius 2 is 0.761 bits per heavy atom. The number of rotatable bonds is 50. The Kier molecular flexibility index (Phi) is 47.4. The lowest BCUT2D eigenvalue weighted by molar-refractivity contribution is -0.379. The van der Waals surface area contributed by atoms with Crippen molar-refractivity contribution in [2.45, 2.75) is 291 Å². The summed E-state index contributed by atoms with van der Waals surface area (Å²) in [5.74, 6) is -0.349. The quantitative estimate of drug-likeness (QED) is 0.0200. The van der Waals surface area contributed by atoms with Gasteiger partial charge in [0.1, 0.15) is 73.2 Å². The van der Waals surface area contributed by atoms with Crippen LogP contribution in [0.2, 0.25) is 0 Å². The molecule has 0 saturated carbocycles. The van der Waals surface area contributed by atoms with Crippen LogP contribution in [-0.2, 0) is 33.2 Å². The van der Waals surface area contributed by atoms with Crippen molar-refractivity contribution in [2.75, 3.05) is 26.4 Å². The smallest absolute Gasteiger partial charge is 0.220 e. The number of hydrogen-bond acceptors (Lipinski definition) is 18. The normalized spacial score (nSPS) is 28.6. The second kappa shape index (κ2) is 53.1. The standard InChI is InChI=1S/C73H119NO18/c1-3-5-7-9-11-13-15-17-19-21-23-24-25-26-27-28-29-30-31-32-33-35-37-39-41-43-45-47-49-51-61(79)74-56(57(78)50-48-46-44-42-40-38-36-34-22-20-18-16-14-12-10-8-6-4-2)55-87-71-67(85)64(82)69(59(53-76)89-71)92-73-68(86)65(83)70(60(54-77)90-73)91-72-66(84)63(81)62(80)58(52-75)88-72/h5,7,11,13,17,19,23-24,26-27,29-30,32-33,37,39-40,42-43,45,48,50,56-60,62-73,75-78,80-86H,3-4,6,8-10,12,14-16,18,20-22,25,28,31,34-36,38,41,44,46-47,49,51-55H2,1-2H3,(H,74,79)/b7-5-,13-11-,19-17-,24-23-,27-26-,30-29-,33-32-,39-37-,42-40+,45-43-,50-48+. The van der Waals surface area contributed by atoms with Gasteiger partial charge in [0.15, 0.2) is 18.9 Å². The molecule has 0 aromatic rings. The number of unbranched alkanes of at least 4 members (excludes halogenated alkanes) is 14. The molecule has 3 aliphatic heterocycles. The van der Waals surface area contributed by atoms with Crippen LogP contribution >= 0.6 is 0 Å². The molecule has 3 heterocycles. The summed E-state index contributed by atoms with van der Waals surface area (Å²) in [5, 5.41) is 120. The van der Waals surface area contributed by atoms with Gasteiger partial charge in [-0.15, -0.1) is 0 Å². The van der Waals surface area contributed by atoms with E-state index in [4.69, 9.17) is 28.4 Å². The Labute approximate surface area is 550 Å². The van der Waals surface area contributed by atoms with Crippen LogP contribution < -0.4 is 5.32 Å². The van der Waals surface area contributed by atoms with E-state index < -0.39 is 131 Å². The van der Waals surface area contributed by atoms with E-state index in [-0.39, 0.29) is 12.3 Å². The maximum absolute atomic E-state index is 13.4. The summed E-state index contributed by atoms with van der Waals surface area (Å²) >= 11 is 0. The molecule has 17 unspecified atom stereocenters. The second-order valence-corrected chi connectivity index (χ2v) is 23.9. The van der Waals surface area contributed by atoms with E-state index in [1.54, 1.807) is 6.08 Å². The monoisotopic (exact) mass is 1300 g/mol. The van der Waals surface area contributed by atoms with Gasteiger partial charge in [0, 0.05) is 6.42 Å². The zero-order chi connectivity index (χ0) is 66.8. The van der Waals surface area contributed by atoms with Crippen LogP contribution in [0.1, 0.15) is 187 Å². The zero-order valence-electron chi connectivity index (χ0n) is 55.2. The topological polar surface area (TPSA) is 307 Å². The predicted molar refractivity (Wildman–Crippen MR) is 359 cm³/mol. The van der Waals surface area contributed by atoms with Crippen LogP contribution in [0.4, 0.5) is 0 Å². The molecule has 1 amide bonds. The van der Waals surface area contributed by atoms with E-state index in [1.165, 1.54) is 70.6 Å². The first-order chi connectivity index (χ1) is 44.8. The molecule has 3 rings (SSSR count). The minimum absolute atomic E-state index is 0.146. The van der Waals surface area contributed by atoms with Gasteiger partial charge in [-0.3, -0.25) is 4.79 Å². The number of hydrogen-bond donors (Lipinski definition) is 12. The molecule has 3 saturated heterocycles. The molecular weight excluding hydrogens is 1180 g/mol. The molecule has 19 nitrogen and oxygen atoms in total. The van der Waals surface area contributed by atoms with Gasteiger partial charge >= 0.3 is 0 Å². The molecule has 0 aliphatic carbocycles. The number of allylic oxidation sites excluding steroid dienone is 21. The Balaban J connectivity index is 1.47. The van der Waals surface area contributed by atoms with Crippen molar-refractivity contribution in [1.82, 2.24) is 5.32 Å². The highest BCUT2D eigenvalue weighted by molar-refractivity contribution is 5.76. The summed E-state index contributed by atoms with van der Waals surface area (Å²) in [7, 11) is 0. The fourth-order valence-corrected chi connectivity index (χ4v) is 10.6. The largest absolute Gasteiger partial charge is 0.394 e. The van der Waals surface area contributed by atoms with E-state index in [0.717, 1.165) is 77.0 Å². The van der Waals surface area contributed by atoms with E-state index in [0.29, 0.717) is 19.3 Å². The molecule has 17 atom stereocenters. The van der Waals surface area contributed by atoms with E-state index in [2.05, 4.69) is 135 Å². The van der Waals surface area contributed by atoms with Crippen LogP contribution in [0.15, 0.2) is 134 Å². The Morgan fingerprint density at radius 3 is 1.22 bits per heavy atom. The zero-order valence-corrected chi connectivity index (χ0v) is 55.2. The molecule has 0 bridgehead atoms. The second-order valence-electron chi connectivity index (χ2n) is 23.9. The molecule has 3 fully saturated rings. The molecule has 0 aromatic carbocycles. The van der Waals surface area contributed by atoms with Gasteiger partial charge in [0.25, 0.3) is 0 Å². The predicted octanol–water partition coefficient (Wildman–Crippen LogP) is 8.99. The third-order valence-electron chi connectivity index (χ3n) is 16.2. The van der Waals surface area contributed by atoms with Crippen molar-refractivity contribution < 1.29 is 89.4 Å². The highest BCUT2D eigenvalue weighted by Gasteiger charge is 2.53. The number of carbonyl (C=O) groups excluding carboxylic acids is 1. The number of ether oxygens (including phenoxy) is 6. The van der Waals surface area contributed by atoms with Crippen LogP contribution in [0, 0.1) is 0 Å². The van der Waals surface area contributed by atoms with Crippen LogP contribution in [-0.4, -0.2) is 193 Å². The molecule has 0 aromatic heterocycles. The van der Waals surface area contributed by atoms with Gasteiger partial charge < -0.3 is 89.9 Å². The van der Waals surface area contributed by atoms with Gasteiger partial charge in [-0.05, 0) is 96.3 Å². The lowest BCUT2D eigenvalue weighted by atomic mass is 9.96. The minimum Gasteiger partial charge on any atom is -0.394 e. The summed E-state index contributed by atoms with van der Waals surface area (Å²) < 4.78 is 34.3. The van der Waals surface area contributed by atoms with Crippen molar-refractivity contribution >= 4 is 5.91 Å². The van der Waals surface area contributed by atoms with Crippen LogP contribution in [0.3, 0.4) is 0 Å². The van der Waals surface area contributed by atoms with Crippen molar-refractivity contribution in [3.05, 3.63) is 134 Å². The summed E-state index contributed by atoms with van der Waals surface area (Å²) in [4.78, 5) is 13.4. The molecule has 19 heteroatoms. The SMILES string of the molecule is CC/C=C\C/C=C\C/C=C\C/C=C\C/C=C\C/C=C\C/C=C\C/C=C\C/C=C\CCCC(=O)NC(COC1OC(CO)C(OC2OC(CO)C(OC3OC(CO)C(O)C(O)C3O)C(O)C2O)C(O)C1O)C(O)/C=C/CC/C=C/CCCCCCCCCCCCCC. The Hall–Kier alpha value is -4.07. The lowest BCUT2D eigenvalue weighted by Gasteiger charge is -2.48. The highest BCUT2D eigenvalue weighted by atomic mass is 16.8. The van der Waals surface area contributed by atoms with Crippen LogP contribution in [0.25, 0.3) is 0 Å². The van der Waals surface area contributed by atoms with E-state index >= 15 is 0 Å². The van der Waals surface area contributed by atoms with Gasteiger partial charge in [-0.2, -0.15) is 0 Å². The summed E-state index contributed by atoms with van der Waals surface area (Å²) in [6.07, 6.45) is 47.1. The van der Waals surface area contributed by atoms with Crippen molar-refractivity contribution in [2.24, 2.45) is 0 Å². The molecule has 0 radical (unpaired) electrons. The Bertz CT molecular complexity index is 2190. The molecule has 92 heavy (non-hydrogen) atoms. The third kappa shape index (κ3) is 34.6. The van der Waals surface area contributed by atoms with Crippen LogP contribution in [0.5, 0.6) is 0 Å². The van der Waals surface area contributed by atoms with Crippen molar-refractivity contribution in [3.8, 4) is 0 Å². The summed E-state index contributed by atoms with van der Waals surface area (Å²) in [6, 6.07) is -1.03. The number of aliphatic hydroxyl groups excluding tert-OH is 11. The summed E-state index contributed by atoms with van der Waals surface area (Å²) in [5.41, 5.74) is 0. The van der Waals surface area contributed by atoms with E-state index in [1.807, 2.05) is 12.2 Å². The molecule has 3 aliphatic rings. The molecular formula is C73H119NO18. The first kappa shape index (κ1) is 82.2. The summed E-state index contributed by atoms with van der Waals surface area (Å²) in [6.45, 7) is 1.53. The fraction of sp³-hybridized carbons (Fsp3) is 0.685. The maximum Gasteiger partial charge on any atom is 0.220 e. The Morgan fingerprint density at radius 1 is 0.402 bits per heavy atom. The van der Waals surface area contributed by atoms with Crippen molar-refractivity contribution in [3.63, 3.8) is 0 Å². The van der Waals surface area contributed by atoms with Gasteiger partial charge in [0.05, 0.1) is 38.6 Å². The number of aliphatic hydroxyl groups is 11. The fourth-order valence-electron chi connectivity index (χ4n) is 10.6. The molecule has 12 N–H and O–H groups in total. The first-order valence-corrected chi connectivity index (χ1v) is 34.4. The number of amides is 1. The number of carbonyl (C=O) groups is 1. The number of nitrogens with one attached hydrogen (secondary N) is 1. The highest BCUT2D eigenvalue weighted by Crippen LogP contribution is 2.33. The maximum atomic E-state index is 13.4. The van der Waals surface area contributed by atoms with E-state index in [9.17, 15) is 61.0 Å². The average molecular weight is 1300 g/mol. The molecule has 0 spiro atoms. The van der Waals surface area contributed by atoms with Gasteiger partial charge in [-0.1, -0.05) is 218 Å². The minimum atomic E-state index is -1.99. The lowest BCUT2D eigenvalue weighted by Crippen LogP contribution is -2.66. The molecule has 524 valence electrons. The third-order valence-corrected chi connectivity index (χ3v) is 16.2. The average Bonchev–Trinajstić information content (AvgIpc) is 0.834. The van der Waals surface area contributed by atoms with Crippen molar-refractivity contribution in [1.29, 1.82) is 0 Å². The van der Waals surface area contributed by atoms with Gasteiger partial charge in [-0.25, -0.2) is 0 Å². The first-order valence-electron chi connectivity index (χ1n) is 34.4.